The van der Waals surface area contributed by atoms with Crippen molar-refractivity contribution < 1.29 is 14.4 Å². The largest absolute Gasteiger partial charge is 0.496 e. The first kappa shape index (κ1) is 17.2. The zero-order chi connectivity index (χ0) is 18.7. The summed E-state index contributed by atoms with van der Waals surface area (Å²) in [6.45, 7) is 1.99. The number of nitrogens with one attached hydrogen (secondary N) is 2. The van der Waals surface area contributed by atoms with E-state index in [1.165, 1.54) is 32.6 Å². The minimum Gasteiger partial charge on any atom is -0.496 e. The van der Waals surface area contributed by atoms with Crippen molar-refractivity contribution >= 4 is 28.9 Å². The number of aromatic amines is 1. The van der Waals surface area contributed by atoms with Crippen LogP contribution in [0.1, 0.15) is 11.1 Å². The van der Waals surface area contributed by atoms with E-state index in [1.54, 1.807) is 0 Å². The van der Waals surface area contributed by atoms with Crippen LogP contribution < -0.4 is 14.9 Å². The van der Waals surface area contributed by atoms with Crippen LogP contribution in [0.4, 0.5) is 11.6 Å². The van der Waals surface area contributed by atoms with Crippen LogP contribution in [-0.4, -0.2) is 35.3 Å². The fourth-order valence-electron chi connectivity index (χ4n) is 2.49. The Morgan fingerprint density at radius 2 is 2.00 bits per heavy atom. The molecule has 0 aliphatic heterocycles. The van der Waals surface area contributed by atoms with E-state index in [0.717, 1.165) is 16.6 Å². The fourth-order valence-corrected chi connectivity index (χ4v) is 2.49. The summed E-state index contributed by atoms with van der Waals surface area (Å²) in [7, 11) is 2.83. The van der Waals surface area contributed by atoms with Crippen LogP contribution >= 0.6 is 0 Å². The molecule has 2 aromatic carbocycles. The van der Waals surface area contributed by atoms with Gasteiger partial charge in [-0.2, -0.15) is 5.10 Å². The van der Waals surface area contributed by atoms with Gasteiger partial charge in [0.05, 0.1) is 36.4 Å². The predicted molar refractivity (Wildman–Crippen MR) is 98.2 cm³/mol. The van der Waals surface area contributed by atoms with E-state index in [1.807, 2.05) is 25.1 Å². The van der Waals surface area contributed by atoms with E-state index < -0.39 is 4.92 Å². The Morgan fingerprint density at radius 3 is 2.69 bits per heavy atom. The number of anilines is 1. The summed E-state index contributed by atoms with van der Waals surface area (Å²) in [5, 5.41) is 15.2. The molecule has 0 saturated heterocycles. The zero-order valence-corrected chi connectivity index (χ0v) is 14.4. The van der Waals surface area contributed by atoms with Gasteiger partial charge in [-0.05, 0) is 24.6 Å². The van der Waals surface area contributed by atoms with Crippen LogP contribution in [0.2, 0.25) is 0 Å². The number of rotatable bonds is 6. The maximum Gasteiger partial charge on any atom is 0.311 e. The second-order valence-electron chi connectivity index (χ2n) is 5.50. The Balaban J connectivity index is 1.86. The summed E-state index contributed by atoms with van der Waals surface area (Å²) < 4.78 is 10.3. The van der Waals surface area contributed by atoms with Gasteiger partial charge in [0.2, 0.25) is 11.7 Å². The van der Waals surface area contributed by atoms with Gasteiger partial charge >= 0.3 is 5.69 Å². The molecule has 0 aliphatic carbocycles. The van der Waals surface area contributed by atoms with E-state index in [9.17, 15) is 10.1 Å². The number of benzene rings is 2. The SMILES string of the molecule is COc1cc(OC)c([N+](=O)[O-])cc1/C=N\Nc1nc2ccc(C)cc2[nH]1. The number of imidazole rings is 1. The number of fused-ring (bicyclic) bond motifs is 1. The quantitative estimate of drug-likeness (QED) is 0.398. The number of hydrazone groups is 1. The maximum atomic E-state index is 11.2. The van der Waals surface area contributed by atoms with Gasteiger partial charge in [-0.15, -0.1) is 0 Å². The molecule has 0 radical (unpaired) electrons. The molecule has 134 valence electrons. The third kappa shape index (κ3) is 3.41. The van der Waals surface area contributed by atoms with Gasteiger partial charge < -0.3 is 14.5 Å². The lowest BCUT2D eigenvalue weighted by Crippen LogP contribution is -1.99. The summed E-state index contributed by atoms with van der Waals surface area (Å²) in [4.78, 5) is 18.1. The number of hydrogen-bond acceptors (Lipinski definition) is 7. The van der Waals surface area contributed by atoms with E-state index >= 15 is 0 Å². The average Bonchev–Trinajstić information content (AvgIpc) is 3.02. The third-order valence-electron chi connectivity index (χ3n) is 3.74. The van der Waals surface area contributed by atoms with Crippen molar-refractivity contribution in [2.45, 2.75) is 6.92 Å². The molecule has 0 bridgehead atoms. The van der Waals surface area contributed by atoms with Crippen molar-refractivity contribution in [1.82, 2.24) is 9.97 Å². The Bertz CT molecular complexity index is 996. The van der Waals surface area contributed by atoms with Crippen molar-refractivity contribution in [3.05, 3.63) is 51.6 Å². The lowest BCUT2D eigenvalue weighted by molar-refractivity contribution is -0.385. The van der Waals surface area contributed by atoms with Crippen LogP contribution in [-0.2, 0) is 0 Å². The van der Waals surface area contributed by atoms with Crippen LogP contribution in [0.5, 0.6) is 11.5 Å². The molecule has 9 heteroatoms. The summed E-state index contributed by atoms with van der Waals surface area (Å²) in [6.07, 6.45) is 1.42. The highest BCUT2D eigenvalue weighted by atomic mass is 16.6. The molecule has 0 amide bonds. The molecular weight excluding hydrogens is 338 g/mol. The summed E-state index contributed by atoms with van der Waals surface area (Å²) in [6, 6.07) is 8.64. The first-order chi connectivity index (χ1) is 12.5. The average molecular weight is 355 g/mol. The van der Waals surface area contributed by atoms with Gasteiger partial charge in [0.25, 0.3) is 0 Å². The lowest BCUT2D eigenvalue weighted by atomic mass is 10.1. The molecule has 0 spiro atoms. The number of nitro groups is 1. The van der Waals surface area contributed by atoms with Crippen molar-refractivity contribution in [2.24, 2.45) is 5.10 Å². The van der Waals surface area contributed by atoms with Crippen LogP contribution in [0.25, 0.3) is 11.0 Å². The molecule has 1 aromatic heterocycles. The standard InChI is InChI=1S/C17H17N5O4/c1-10-4-5-12-13(6-10)20-17(19-12)21-18-9-11-7-14(22(23)24)16(26-3)8-15(11)25-2/h4-9H,1-3H3,(H2,19,20,21)/b18-9-. The number of ether oxygens (including phenoxy) is 2. The minimum absolute atomic E-state index is 0.115. The number of aryl methyl sites for hydroxylation is 1. The highest BCUT2D eigenvalue weighted by Gasteiger charge is 2.18. The number of hydrogen-bond donors (Lipinski definition) is 2. The van der Waals surface area contributed by atoms with Crippen molar-refractivity contribution in [1.29, 1.82) is 0 Å². The number of methoxy groups -OCH3 is 2. The number of aromatic nitrogens is 2. The summed E-state index contributed by atoms with van der Waals surface area (Å²) in [5.74, 6) is 0.978. The number of nitro benzene ring substituents is 1. The van der Waals surface area contributed by atoms with Gasteiger partial charge in [0.1, 0.15) is 5.75 Å². The van der Waals surface area contributed by atoms with E-state index in [-0.39, 0.29) is 11.4 Å². The van der Waals surface area contributed by atoms with Gasteiger partial charge in [-0.3, -0.25) is 10.1 Å². The Kier molecular flexibility index (Phi) is 4.70. The molecular formula is C17H17N5O4. The van der Waals surface area contributed by atoms with Crippen LogP contribution in [0.15, 0.2) is 35.4 Å². The molecule has 9 nitrogen and oxygen atoms in total. The monoisotopic (exact) mass is 355 g/mol. The molecule has 1 heterocycles. The molecule has 2 N–H and O–H groups in total. The molecule has 3 aromatic rings. The van der Waals surface area contributed by atoms with Gasteiger partial charge in [-0.1, -0.05) is 6.07 Å². The molecule has 0 fully saturated rings. The first-order valence-corrected chi connectivity index (χ1v) is 7.67. The third-order valence-corrected chi connectivity index (χ3v) is 3.74. The fraction of sp³-hybridized carbons (Fsp3) is 0.176. The molecule has 0 atom stereocenters. The second kappa shape index (κ2) is 7.09. The minimum atomic E-state index is -0.523. The van der Waals surface area contributed by atoms with E-state index in [0.29, 0.717) is 17.3 Å². The Hall–Kier alpha value is -3.62. The topological polar surface area (TPSA) is 115 Å². The predicted octanol–water partition coefficient (Wildman–Crippen LogP) is 3.24. The Morgan fingerprint density at radius 1 is 1.23 bits per heavy atom. The number of nitrogens with zero attached hydrogens (tertiary/aromatic N) is 3. The van der Waals surface area contributed by atoms with E-state index in [4.69, 9.17) is 9.47 Å². The van der Waals surface area contributed by atoms with Gasteiger partial charge in [-0.25, -0.2) is 10.4 Å². The molecule has 0 aliphatic rings. The van der Waals surface area contributed by atoms with Crippen LogP contribution in [0.3, 0.4) is 0 Å². The molecule has 26 heavy (non-hydrogen) atoms. The van der Waals surface area contributed by atoms with Gasteiger partial charge in [0.15, 0.2) is 0 Å². The van der Waals surface area contributed by atoms with Crippen molar-refractivity contribution in [2.75, 3.05) is 19.6 Å². The molecule has 3 rings (SSSR count). The maximum absolute atomic E-state index is 11.2. The highest BCUT2D eigenvalue weighted by Crippen LogP contribution is 2.33. The van der Waals surface area contributed by atoms with E-state index in [2.05, 4.69) is 20.5 Å². The zero-order valence-electron chi connectivity index (χ0n) is 14.4. The summed E-state index contributed by atoms with van der Waals surface area (Å²) >= 11 is 0. The number of H-pyrrole nitrogens is 1. The lowest BCUT2D eigenvalue weighted by Gasteiger charge is -2.08. The van der Waals surface area contributed by atoms with Crippen LogP contribution in [0, 0.1) is 17.0 Å². The van der Waals surface area contributed by atoms with Crippen molar-refractivity contribution in [3.8, 4) is 11.5 Å². The second-order valence-corrected chi connectivity index (χ2v) is 5.50. The van der Waals surface area contributed by atoms with Crippen molar-refractivity contribution in [3.63, 3.8) is 0 Å². The molecule has 0 saturated carbocycles. The highest BCUT2D eigenvalue weighted by molar-refractivity contribution is 5.86. The first-order valence-electron chi connectivity index (χ1n) is 7.67. The molecule has 0 unspecified atom stereocenters. The smallest absolute Gasteiger partial charge is 0.311 e. The normalized spacial score (nSPS) is 11.0. The van der Waals surface area contributed by atoms with Gasteiger partial charge in [0, 0.05) is 17.7 Å². The Labute approximate surface area is 148 Å². The summed E-state index contributed by atoms with van der Waals surface area (Å²) in [5.41, 5.74) is 5.85.